The van der Waals surface area contributed by atoms with E-state index in [1.54, 1.807) is 7.11 Å². The molecule has 0 spiro atoms. The number of fused-ring (bicyclic) bond motifs is 1. The average Bonchev–Trinajstić information content (AvgIpc) is 2.17. The van der Waals surface area contributed by atoms with Crippen LogP contribution in [0.2, 0.25) is 0 Å². The normalized spacial score (nSPS) is 10.5. The number of thiol groups is 1. The van der Waals surface area contributed by atoms with Crippen LogP contribution in [0.1, 0.15) is 5.82 Å². The van der Waals surface area contributed by atoms with E-state index in [2.05, 4.69) is 22.6 Å². The molecule has 0 aliphatic rings. The number of hydrogen-bond acceptors (Lipinski definition) is 4. The molecule has 0 radical (unpaired) electrons. The van der Waals surface area contributed by atoms with Gasteiger partial charge in [-0.3, -0.25) is 0 Å². The summed E-state index contributed by atoms with van der Waals surface area (Å²) in [5.74, 6) is 1.52. The van der Waals surface area contributed by atoms with E-state index >= 15 is 0 Å². The quantitative estimate of drug-likeness (QED) is 0.574. The van der Waals surface area contributed by atoms with Gasteiger partial charge in [-0.15, -0.1) is 12.6 Å². The first-order valence-corrected chi connectivity index (χ1v) is 4.67. The maximum atomic E-state index is 5.12. The summed E-state index contributed by atoms with van der Waals surface area (Å²) in [7, 11) is 1.63. The zero-order valence-electron chi connectivity index (χ0n) is 7.98. The summed E-state index contributed by atoms with van der Waals surface area (Å²) in [6.45, 7) is 1.85. The van der Waals surface area contributed by atoms with Crippen LogP contribution in [0.25, 0.3) is 10.9 Å². The Balaban J connectivity index is 2.75. The fraction of sp³-hybridized carbons (Fsp3) is 0.200. The Hall–Kier alpha value is -1.29. The van der Waals surface area contributed by atoms with E-state index in [0.29, 0.717) is 5.03 Å². The van der Waals surface area contributed by atoms with E-state index in [1.165, 1.54) is 0 Å². The highest BCUT2D eigenvalue weighted by atomic mass is 32.1. The molecule has 0 amide bonds. The van der Waals surface area contributed by atoms with E-state index in [4.69, 9.17) is 4.74 Å². The maximum Gasteiger partial charge on any atom is 0.127 e. The van der Waals surface area contributed by atoms with Crippen LogP contribution in [-0.2, 0) is 0 Å². The second-order valence-electron chi connectivity index (χ2n) is 2.98. The predicted octanol–water partition coefficient (Wildman–Crippen LogP) is 2.24. The Morgan fingerprint density at radius 3 is 2.79 bits per heavy atom. The molecule has 0 saturated heterocycles. The van der Waals surface area contributed by atoms with E-state index in [0.717, 1.165) is 22.5 Å². The summed E-state index contributed by atoms with van der Waals surface area (Å²) in [6.07, 6.45) is 0. The summed E-state index contributed by atoms with van der Waals surface area (Å²) >= 11 is 4.30. The summed E-state index contributed by atoms with van der Waals surface area (Å²) < 4.78 is 5.12. The molecule has 2 aromatic rings. The van der Waals surface area contributed by atoms with Crippen molar-refractivity contribution >= 4 is 23.5 Å². The van der Waals surface area contributed by atoms with Crippen molar-refractivity contribution in [2.24, 2.45) is 0 Å². The topological polar surface area (TPSA) is 35.0 Å². The van der Waals surface area contributed by atoms with Gasteiger partial charge in [0.15, 0.2) is 0 Å². The zero-order valence-corrected chi connectivity index (χ0v) is 8.88. The van der Waals surface area contributed by atoms with Crippen molar-refractivity contribution in [1.82, 2.24) is 9.97 Å². The van der Waals surface area contributed by atoms with Crippen LogP contribution >= 0.6 is 12.6 Å². The van der Waals surface area contributed by atoms with Gasteiger partial charge in [-0.05, 0) is 25.1 Å². The number of aromatic nitrogens is 2. The molecule has 0 atom stereocenters. The van der Waals surface area contributed by atoms with Gasteiger partial charge >= 0.3 is 0 Å². The predicted molar refractivity (Wildman–Crippen MR) is 58.1 cm³/mol. The van der Waals surface area contributed by atoms with Crippen LogP contribution in [0.5, 0.6) is 5.75 Å². The van der Waals surface area contributed by atoms with Gasteiger partial charge in [0, 0.05) is 5.39 Å². The summed E-state index contributed by atoms with van der Waals surface area (Å²) in [5, 5.41) is 1.60. The third-order valence-electron chi connectivity index (χ3n) is 1.99. The molecule has 1 aromatic heterocycles. The number of ether oxygens (including phenoxy) is 1. The van der Waals surface area contributed by atoms with Crippen LogP contribution in [-0.4, -0.2) is 17.1 Å². The van der Waals surface area contributed by atoms with Gasteiger partial charge in [-0.1, -0.05) is 0 Å². The largest absolute Gasteiger partial charge is 0.497 e. The van der Waals surface area contributed by atoms with Crippen molar-refractivity contribution in [3.63, 3.8) is 0 Å². The summed E-state index contributed by atoms with van der Waals surface area (Å²) in [4.78, 5) is 8.47. The molecule has 0 unspecified atom stereocenters. The second kappa shape index (κ2) is 3.46. The minimum Gasteiger partial charge on any atom is -0.497 e. The van der Waals surface area contributed by atoms with Gasteiger partial charge in [0.25, 0.3) is 0 Å². The average molecular weight is 206 g/mol. The zero-order chi connectivity index (χ0) is 10.1. The standard InChI is InChI=1S/C10H10N2OS/c1-6-11-9-4-3-7(13-2)5-8(9)10(14)12-6/h3-5H,1-2H3,(H,11,12,14). The van der Waals surface area contributed by atoms with Gasteiger partial charge in [0.1, 0.15) is 16.6 Å². The minimum absolute atomic E-state index is 0.686. The highest BCUT2D eigenvalue weighted by molar-refractivity contribution is 7.80. The number of benzene rings is 1. The molecular weight excluding hydrogens is 196 g/mol. The van der Waals surface area contributed by atoms with Crippen LogP contribution in [0, 0.1) is 6.92 Å². The molecule has 0 aliphatic carbocycles. The highest BCUT2D eigenvalue weighted by Gasteiger charge is 2.03. The second-order valence-corrected chi connectivity index (χ2v) is 3.40. The molecule has 14 heavy (non-hydrogen) atoms. The lowest BCUT2D eigenvalue weighted by Gasteiger charge is -2.04. The first kappa shape index (κ1) is 9.27. The van der Waals surface area contributed by atoms with Crippen molar-refractivity contribution in [1.29, 1.82) is 0 Å². The molecule has 0 saturated carbocycles. The van der Waals surface area contributed by atoms with E-state index < -0.39 is 0 Å². The van der Waals surface area contributed by atoms with Crippen molar-refractivity contribution < 1.29 is 4.74 Å². The Morgan fingerprint density at radius 1 is 1.29 bits per heavy atom. The Kier molecular flexibility index (Phi) is 2.29. The van der Waals surface area contributed by atoms with Crippen LogP contribution < -0.4 is 4.74 Å². The molecule has 0 aliphatic heterocycles. The number of methoxy groups -OCH3 is 1. The van der Waals surface area contributed by atoms with Crippen LogP contribution in [0.3, 0.4) is 0 Å². The van der Waals surface area contributed by atoms with Crippen molar-refractivity contribution in [3.05, 3.63) is 24.0 Å². The van der Waals surface area contributed by atoms with Gasteiger partial charge in [0.2, 0.25) is 0 Å². The molecule has 1 heterocycles. The lowest BCUT2D eigenvalue weighted by atomic mass is 10.2. The molecule has 1 aromatic carbocycles. The fourth-order valence-electron chi connectivity index (χ4n) is 1.33. The molecule has 72 valence electrons. The highest BCUT2D eigenvalue weighted by Crippen LogP contribution is 2.23. The Bertz CT molecular complexity index is 485. The third-order valence-corrected chi connectivity index (χ3v) is 2.34. The van der Waals surface area contributed by atoms with Gasteiger partial charge in [-0.2, -0.15) is 0 Å². The molecule has 0 bridgehead atoms. The smallest absolute Gasteiger partial charge is 0.127 e. The summed E-state index contributed by atoms with van der Waals surface area (Å²) in [5.41, 5.74) is 0.892. The minimum atomic E-state index is 0.686. The summed E-state index contributed by atoms with van der Waals surface area (Å²) in [6, 6.07) is 5.67. The molecular formula is C10H10N2OS. The molecule has 4 heteroatoms. The number of hydrogen-bond donors (Lipinski definition) is 1. The Labute approximate surface area is 87.6 Å². The number of aryl methyl sites for hydroxylation is 1. The van der Waals surface area contributed by atoms with Crippen LogP contribution in [0.4, 0.5) is 0 Å². The fourth-order valence-corrected chi connectivity index (χ4v) is 1.66. The molecule has 0 fully saturated rings. The van der Waals surface area contributed by atoms with Crippen molar-refractivity contribution in [2.45, 2.75) is 11.9 Å². The Morgan fingerprint density at radius 2 is 2.07 bits per heavy atom. The molecule has 2 rings (SSSR count). The molecule has 3 nitrogen and oxygen atoms in total. The van der Waals surface area contributed by atoms with Gasteiger partial charge < -0.3 is 4.74 Å². The lowest BCUT2D eigenvalue weighted by Crippen LogP contribution is -1.91. The van der Waals surface area contributed by atoms with Gasteiger partial charge in [0.05, 0.1) is 12.6 Å². The van der Waals surface area contributed by atoms with Crippen molar-refractivity contribution in [2.75, 3.05) is 7.11 Å². The molecule has 0 N–H and O–H groups in total. The van der Waals surface area contributed by atoms with E-state index in [1.807, 2.05) is 25.1 Å². The maximum absolute atomic E-state index is 5.12. The van der Waals surface area contributed by atoms with Gasteiger partial charge in [-0.25, -0.2) is 9.97 Å². The number of nitrogens with zero attached hydrogens (tertiary/aromatic N) is 2. The monoisotopic (exact) mass is 206 g/mol. The van der Waals surface area contributed by atoms with Crippen molar-refractivity contribution in [3.8, 4) is 5.75 Å². The first-order valence-electron chi connectivity index (χ1n) is 4.22. The first-order chi connectivity index (χ1) is 6.70. The van der Waals surface area contributed by atoms with Crippen LogP contribution in [0.15, 0.2) is 23.2 Å². The van der Waals surface area contributed by atoms with E-state index in [9.17, 15) is 0 Å². The van der Waals surface area contributed by atoms with E-state index in [-0.39, 0.29) is 0 Å². The lowest BCUT2D eigenvalue weighted by molar-refractivity contribution is 0.415. The number of rotatable bonds is 1. The third kappa shape index (κ3) is 1.53. The SMILES string of the molecule is COc1ccc2nc(C)nc(S)c2c1.